The summed E-state index contributed by atoms with van der Waals surface area (Å²) in [6, 6.07) is 5.13. The molecule has 0 aliphatic carbocycles. The molecule has 0 aromatic heterocycles. The minimum Gasteiger partial charge on any atom is -0.325 e. The summed E-state index contributed by atoms with van der Waals surface area (Å²) >= 11 is 3.39. The van der Waals surface area contributed by atoms with Crippen molar-refractivity contribution in [3.05, 3.63) is 28.2 Å². The van der Waals surface area contributed by atoms with E-state index in [0.717, 1.165) is 15.7 Å². The van der Waals surface area contributed by atoms with Crippen LogP contribution in [-0.4, -0.2) is 11.9 Å². The zero-order valence-corrected chi connectivity index (χ0v) is 11.0. The van der Waals surface area contributed by atoms with Gasteiger partial charge in [-0.15, -0.1) is 12.4 Å². The largest absolute Gasteiger partial charge is 0.325 e. The van der Waals surface area contributed by atoms with Crippen molar-refractivity contribution in [3.63, 3.8) is 0 Å². The normalized spacial score (nSPS) is 11.5. The summed E-state index contributed by atoms with van der Waals surface area (Å²) in [5.41, 5.74) is 7.28. The summed E-state index contributed by atoms with van der Waals surface area (Å²) in [5.74, 6) is -0.174. The van der Waals surface area contributed by atoms with E-state index in [1.54, 1.807) is 6.92 Å². The molecule has 0 aliphatic heterocycles. The fourth-order valence-electron chi connectivity index (χ4n) is 0.979. The van der Waals surface area contributed by atoms with Gasteiger partial charge in [0.05, 0.1) is 6.04 Å². The molecule has 84 valence electrons. The number of anilines is 1. The van der Waals surface area contributed by atoms with Gasteiger partial charge in [0.1, 0.15) is 0 Å². The SMILES string of the molecule is Cc1cc(NC(=O)[C@H](C)N)ccc1Br.Cl. The molecule has 0 fully saturated rings. The molecule has 1 rings (SSSR count). The lowest BCUT2D eigenvalue weighted by molar-refractivity contribution is -0.117. The van der Waals surface area contributed by atoms with Crippen molar-refractivity contribution in [1.29, 1.82) is 0 Å². The summed E-state index contributed by atoms with van der Waals surface area (Å²) in [6.07, 6.45) is 0. The van der Waals surface area contributed by atoms with Gasteiger partial charge < -0.3 is 11.1 Å². The predicted molar refractivity (Wildman–Crippen MR) is 68.4 cm³/mol. The number of nitrogens with one attached hydrogen (secondary N) is 1. The second-order valence-electron chi connectivity index (χ2n) is 3.24. The number of rotatable bonds is 2. The van der Waals surface area contributed by atoms with Gasteiger partial charge in [-0.05, 0) is 37.6 Å². The Hall–Kier alpha value is -0.580. The van der Waals surface area contributed by atoms with Crippen molar-refractivity contribution in [3.8, 4) is 0 Å². The van der Waals surface area contributed by atoms with E-state index in [0.29, 0.717) is 0 Å². The van der Waals surface area contributed by atoms with Crippen LogP contribution in [0.15, 0.2) is 22.7 Å². The van der Waals surface area contributed by atoms with Gasteiger partial charge in [-0.3, -0.25) is 4.79 Å². The van der Waals surface area contributed by atoms with Crippen LogP contribution in [0, 0.1) is 6.92 Å². The fourth-order valence-corrected chi connectivity index (χ4v) is 1.23. The van der Waals surface area contributed by atoms with Gasteiger partial charge >= 0.3 is 0 Å². The highest BCUT2D eigenvalue weighted by molar-refractivity contribution is 9.10. The van der Waals surface area contributed by atoms with Crippen molar-refractivity contribution in [1.82, 2.24) is 0 Å². The Morgan fingerprint density at radius 1 is 1.53 bits per heavy atom. The summed E-state index contributed by atoms with van der Waals surface area (Å²) in [6.45, 7) is 3.62. The average molecular weight is 294 g/mol. The molecule has 0 spiro atoms. The topological polar surface area (TPSA) is 55.1 Å². The Morgan fingerprint density at radius 2 is 2.13 bits per heavy atom. The first-order valence-corrected chi connectivity index (χ1v) is 5.12. The van der Waals surface area contributed by atoms with Gasteiger partial charge in [-0.1, -0.05) is 15.9 Å². The first-order valence-electron chi connectivity index (χ1n) is 4.33. The first-order chi connectivity index (χ1) is 6.50. The highest BCUT2D eigenvalue weighted by atomic mass is 79.9. The third-order valence-electron chi connectivity index (χ3n) is 1.84. The van der Waals surface area contributed by atoms with Crippen molar-refractivity contribution < 1.29 is 4.79 Å². The summed E-state index contributed by atoms with van der Waals surface area (Å²) in [7, 11) is 0. The Balaban J connectivity index is 0.00000196. The van der Waals surface area contributed by atoms with Gasteiger partial charge in [0.25, 0.3) is 0 Å². The maximum atomic E-state index is 11.3. The quantitative estimate of drug-likeness (QED) is 0.880. The summed E-state index contributed by atoms with van der Waals surface area (Å²) < 4.78 is 1.02. The van der Waals surface area contributed by atoms with Gasteiger partial charge in [0, 0.05) is 10.2 Å². The van der Waals surface area contributed by atoms with Gasteiger partial charge in [0.2, 0.25) is 5.91 Å². The van der Waals surface area contributed by atoms with Crippen LogP contribution in [0.2, 0.25) is 0 Å². The van der Waals surface area contributed by atoms with E-state index in [9.17, 15) is 4.79 Å². The maximum absolute atomic E-state index is 11.3. The average Bonchev–Trinajstić information content (AvgIpc) is 2.11. The number of hydrogen-bond acceptors (Lipinski definition) is 2. The van der Waals surface area contributed by atoms with E-state index in [1.165, 1.54) is 0 Å². The molecule has 0 saturated carbocycles. The van der Waals surface area contributed by atoms with E-state index >= 15 is 0 Å². The Bertz CT molecular complexity index is 355. The standard InChI is InChI=1S/C10H13BrN2O.ClH/c1-6-5-8(3-4-9(6)11)13-10(14)7(2)12;/h3-5,7H,12H2,1-2H3,(H,13,14);1H/t7-;/m0./s1. The second kappa shape index (κ2) is 6.10. The third-order valence-corrected chi connectivity index (χ3v) is 2.73. The molecule has 1 aromatic rings. The van der Waals surface area contributed by atoms with E-state index in [-0.39, 0.29) is 18.3 Å². The van der Waals surface area contributed by atoms with E-state index in [2.05, 4.69) is 21.2 Å². The van der Waals surface area contributed by atoms with Crippen LogP contribution >= 0.6 is 28.3 Å². The molecule has 5 heteroatoms. The molecule has 0 saturated heterocycles. The van der Waals surface area contributed by atoms with Crippen LogP contribution in [0.3, 0.4) is 0 Å². The lowest BCUT2D eigenvalue weighted by atomic mass is 10.2. The maximum Gasteiger partial charge on any atom is 0.240 e. The Labute approximate surface area is 104 Å². The number of benzene rings is 1. The van der Waals surface area contributed by atoms with Crippen molar-refractivity contribution >= 4 is 39.9 Å². The van der Waals surface area contributed by atoms with Crippen molar-refractivity contribution in [2.24, 2.45) is 5.73 Å². The summed E-state index contributed by atoms with van der Waals surface area (Å²) in [4.78, 5) is 11.3. The number of nitrogens with two attached hydrogens (primary N) is 1. The molecule has 3 nitrogen and oxygen atoms in total. The van der Waals surface area contributed by atoms with E-state index in [1.807, 2.05) is 25.1 Å². The predicted octanol–water partition coefficient (Wildman–Crippen LogP) is 2.47. The molecule has 0 heterocycles. The number of amides is 1. The van der Waals surface area contributed by atoms with Crippen LogP contribution < -0.4 is 11.1 Å². The molecule has 15 heavy (non-hydrogen) atoms. The summed E-state index contributed by atoms with van der Waals surface area (Å²) in [5, 5.41) is 2.72. The number of carbonyl (C=O) groups excluding carboxylic acids is 1. The molecule has 0 unspecified atom stereocenters. The Morgan fingerprint density at radius 3 is 2.60 bits per heavy atom. The van der Waals surface area contributed by atoms with Crippen LogP contribution in [0.4, 0.5) is 5.69 Å². The zero-order chi connectivity index (χ0) is 10.7. The van der Waals surface area contributed by atoms with E-state index in [4.69, 9.17) is 5.73 Å². The number of hydrogen-bond donors (Lipinski definition) is 2. The lowest BCUT2D eigenvalue weighted by Crippen LogP contribution is -2.32. The molecule has 3 N–H and O–H groups in total. The third kappa shape index (κ3) is 4.20. The van der Waals surface area contributed by atoms with Crippen molar-refractivity contribution in [2.75, 3.05) is 5.32 Å². The van der Waals surface area contributed by atoms with Gasteiger partial charge in [0.15, 0.2) is 0 Å². The van der Waals surface area contributed by atoms with E-state index < -0.39 is 6.04 Å². The first kappa shape index (κ1) is 14.4. The monoisotopic (exact) mass is 292 g/mol. The lowest BCUT2D eigenvalue weighted by Gasteiger charge is -2.08. The Kier molecular flexibility index (Phi) is 5.87. The molecule has 0 radical (unpaired) electrons. The van der Waals surface area contributed by atoms with Gasteiger partial charge in [-0.25, -0.2) is 0 Å². The zero-order valence-electron chi connectivity index (χ0n) is 8.58. The molecule has 1 atom stereocenters. The molecular weight excluding hydrogens is 279 g/mol. The highest BCUT2D eigenvalue weighted by Gasteiger charge is 2.07. The van der Waals surface area contributed by atoms with Crippen LogP contribution in [-0.2, 0) is 4.79 Å². The number of carbonyl (C=O) groups is 1. The molecule has 0 bridgehead atoms. The fraction of sp³-hybridized carbons (Fsp3) is 0.300. The van der Waals surface area contributed by atoms with Gasteiger partial charge in [-0.2, -0.15) is 0 Å². The number of halogens is 2. The van der Waals surface area contributed by atoms with Crippen LogP contribution in [0.25, 0.3) is 0 Å². The highest BCUT2D eigenvalue weighted by Crippen LogP contribution is 2.19. The molecular formula is C10H14BrClN2O. The van der Waals surface area contributed by atoms with Crippen LogP contribution in [0.1, 0.15) is 12.5 Å². The van der Waals surface area contributed by atoms with Crippen LogP contribution in [0.5, 0.6) is 0 Å². The molecule has 0 aliphatic rings. The second-order valence-corrected chi connectivity index (χ2v) is 4.10. The smallest absolute Gasteiger partial charge is 0.240 e. The molecule has 1 aromatic carbocycles. The van der Waals surface area contributed by atoms with Crippen molar-refractivity contribution in [2.45, 2.75) is 19.9 Å². The molecule has 1 amide bonds. The minimum absolute atomic E-state index is 0. The minimum atomic E-state index is -0.487. The number of aryl methyl sites for hydroxylation is 1.